The third kappa shape index (κ3) is 4.16. The van der Waals surface area contributed by atoms with E-state index in [0.717, 1.165) is 12.1 Å². The first-order chi connectivity index (χ1) is 10.5. The number of nitrogens with one attached hydrogen (secondary N) is 2. The second-order valence-electron chi connectivity index (χ2n) is 4.50. The number of hydrogen-bond acceptors (Lipinski definition) is 2. The summed E-state index contributed by atoms with van der Waals surface area (Å²) >= 11 is 5.78. The van der Waals surface area contributed by atoms with E-state index in [4.69, 9.17) is 11.6 Å². The first-order valence-corrected chi connectivity index (χ1v) is 6.77. The van der Waals surface area contributed by atoms with Gasteiger partial charge in [0.2, 0.25) is 0 Å². The molecule has 3 N–H and O–H groups in total. The average molecular weight is 327 g/mol. The molecule has 7 heteroatoms. The summed E-state index contributed by atoms with van der Waals surface area (Å²) in [5.74, 6) is -1.74. The Balaban J connectivity index is 1.93. The topological polar surface area (TPSA) is 61.4 Å². The van der Waals surface area contributed by atoms with Crippen LogP contribution in [0.15, 0.2) is 42.5 Å². The maximum Gasteiger partial charge on any atom is 0.319 e. The summed E-state index contributed by atoms with van der Waals surface area (Å²) in [6.07, 6.45) is -1.49. The zero-order valence-electron chi connectivity index (χ0n) is 11.3. The van der Waals surface area contributed by atoms with E-state index in [2.05, 4.69) is 10.6 Å². The number of urea groups is 1. The van der Waals surface area contributed by atoms with Gasteiger partial charge in [-0.2, -0.15) is 0 Å². The number of carbonyl (C=O) groups is 1. The summed E-state index contributed by atoms with van der Waals surface area (Å²) in [5, 5.41) is 15.1. The van der Waals surface area contributed by atoms with Crippen molar-refractivity contribution in [3.63, 3.8) is 0 Å². The van der Waals surface area contributed by atoms with Crippen molar-refractivity contribution >= 4 is 23.3 Å². The third-order valence-corrected chi connectivity index (χ3v) is 3.11. The van der Waals surface area contributed by atoms with E-state index in [-0.39, 0.29) is 6.54 Å². The largest absolute Gasteiger partial charge is 0.386 e. The van der Waals surface area contributed by atoms with Gasteiger partial charge in [-0.15, -0.1) is 0 Å². The van der Waals surface area contributed by atoms with Crippen LogP contribution in [0.5, 0.6) is 0 Å². The lowest BCUT2D eigenvalue weighted by molar-refractivity contribution is 0.166. The highest BCUT2D eigenvalue weighted by molar-refractivity contribution is 6.30. The predicted molar refractivity (Wildman–Crippen MR) is 79.8 cm³/mol. The Bertz CT molecular complexity index is 662. The number of aliphatic hydroxyl groups is 1. The van der Waals surface area contributed by atoms with Crippen LogP contribution in [0.3, 0.4) is 0 Å². The second-order valence-corrected chi connectivity index (χ2v) is 4.93. The smallest absolute Gasteiger partial charge is 0.319 e. The molecule has 4 nitrogen and oxygen atoms in total. The van der Waals surface area contributed by atoms with Crippen molar-refractivity contribution in [2.45, 2.75) is 6.10 Å². The molecule has 0 radical (unpaired) electrons. The number of amides is 2. The quantitative estimate of drug-likeness (QED) is 0.805. The highest BCUT2D eigenvalue weighted by atomic mass is 35.5. The summed E-state index contributed by atoms with van der Waals surface area (Å²) in [6.45, 7) is -0.343. The van der Waals surface area contributed by atoms with Gasteiger partial charge in [-0.05, 0) is 30.3 Å². The van der Waals surface area contributed by atoms with Crippen molar-refractivity contribution in [2.24, 2.45) is 0 Å². The minimum absolute atomic E-state index is 0.343. The first-order valence-electron chi connectivity index (χ1n) is 6.40. The summed E-state index contributed by atoms with van der Waals surface area (Å²) in [5.41, 5.74) is -0.0258. The maximum absolute atomic E-state index is 13.5. The number of halogens is 3. The van der Waals surface area contributed by atoms with Crippen LogP contribution >= 0.6 is 11.6 Å². The maximum atomic E-state index is 13.5. The molecule has 1 unspecified atom stereocenters. The molecule has 1 atom stereocenters. The van der Waals surface area contributed by atoms with Crippen LogP contribution in [0.2, 0.25) is 5.02 Å². The molecule has 0 aliphatic heterocycles. The fraction of sp³-hybridized carbons (Fsp3) is 0.133. The van der Waals surface area contributed by atoms with Crippen LogP contribution in [-0.4, -0.2) is 17.7 Å². The Kier molecular flexibility index (Phi) is 5.30. The summed E-state index contributed by atoms with van der Waals surface area (Å²) in [6, 6.07) is 9.10. The van der Waals surface area contributed by atoms with Crippen molar-refractivity contribution in [1.82, 2.24) is 5.32 Å². The molecule has 2 aromatic rings. The van der Waals surface area contributed by atoms with Gasteiger partial charge in [0.05, 0.1) is 5.56 Å². The van der Waals surface area contributed by atoms with E-state index < -0.39 is 29.3 Å². The molecule has 2 rings (SSSR count). The van der Waals surface area contributed by atoms with Gasteiger partial charge in [0, 0.05) is 17.3 Å². The first kappa shape index (κ1) is 16.2. The minimum atomic E-state index is -1.49. The Labute approximate surface area is 130 Å². The minimum Gasteiger partial charge on any atom is -0.386 e. The van der Waals surface area contributed by atoms with Gasteiger partial charge in [-0.1, -0.05) is 23.7 Å². The third-order valence-electron chi connectivity index (χ3n) is 2.87. The van der Waals surface area contributed by atoms with Crippen molar-refractivity contribution in [2.75, 3.05) is 11.9 Å². The van der Waals surface area contributed by atoms with Crippen LogP contribution < -0.4 is 10.6 Å². The predicted octanol–water partition coefficient (Wildman–Crippen LogP) is 3.47. The molecule has 2 aromatic carbocycles. The van der Waals surface area contributed by atoms with Gasteiger partial charge in [0.25, 0.3) is 0 Å². The summed E-state index contributed by atoms with van der Waals surface area (Å²) < 4.78 is 26.9. The fourth-order valence-electron chi connectivity index (χ4n) is 1.86. The van der Waals surface area contributed by atoms with Crippen molar-refractivity contribution < 1.29 is 18.7 Å². The number of rotatable bonds is 4. The van der Waals surface area contributed by atoms with Gasteiger partial charge in [-0.3, -0.25) is 0 Å². The molecule has 0 spiro atoms. The Hall–Kier alpha value is -2.18. The normalized spacial score (nSPS) is 11.8. The van der Waals surface area contributed by atoms with Gasteiger partial charge in [-0.25, -0.2) is 13.6 Å². The van der Waals surface area contributed by atoms with Crippen LogP contribution in [0.25, 0.3) is 0 Å². The molecule has 22 heavy (non-hydrogen) atoms. The van der Waals surface area contributed by atoms with Crippen LogP contribution in [-0.2, 0) is 0 Å². The van der Waals surface area contributed by atoms with Crippen LogP contribution in [0.4, 0.5) is 19.3 Å². The molecule has 0 saturated carbocycles. The summed E-state index contributed by atoms with van der Waals surface area (Å²) in [7, 11) is 0. The monoisotopic (exact) mass is 326 g/mol. The number of benzene rings is 2. The van der Waals surface area contributed by atoms with Gasteiger partial charge < -0.3 is 15.7 Å². The van der Waals surface area contributed by atoms with Crippen LogP contribution in [0, 0.1) is 11.6 Å². The number of hydrogen-bond donors (Lipinski definition) is 3. The second kappa shape index (κ2) is 7.20. The Morgan fingerprint density at radius 3 is 2.45 bits per heavy atom. The molecule has 2 amide bonds. The molecular weight excluding hydrogens is 314 g/mol. The van der Waals surface area contributed by atoms with E-state index >= 15 is 0 Å². The molecule has 0 aromatic heterocycles. The molecule has 0 heterocycles. The molecule has 0 fully saturated rings. The van der Waals surface area contributed by atoms with E-state index in [1.165, 1.54) is 12.1 Å². The van der Waals surface area contributed by atoms with E-state index in [9.17, 15) is 18.7 Å². The lowest BCUT2D eigenvalue weighted by Gasteiger charge is -2.14. The molecule has 0 saturated heterocycles. The van der Waals surface area contributed by atoms with Crippen molar-refractivity contribution in [3.05, 3.63) is 64.7 Å². The Morgan fingerprint density at radius 1 is 1.18 bits per heavy atom. The zero-order chi connectivity index (χ0) is 16.1. The molecule has 0 aliphatic carbocycles. The number of carbonyl (C=O) groups excluding carboxylic acids is 1. The zero-order valence-corrected chi connectivity index (χ0v) is 12.1. The molecular formula is C15H13ClF2N2O2. The van der Waals surface area contributed by atoms with E-state index in [0.29, 0.717) is 10.7 Å². The van der Waals surface area contributed by atoms with Crippen molar-refractivity contribution in [1.29, 1.82) is 0 Å². The summed E-state index contributed by atoms with van der Waals surface area (Å²) in [4.78, 5) is 11.7. The lowest BCUT2D eigenvalue weighted by atomic mass is 10.1. The lowest BCUT2D eigenvalue weighted by Crippen LogP contribution is -2.32. The van der Waals surface area contributed by atoms with Crippen LogP contribution in [0.1, 0.15) is 11.7 Å². The number of aliphatic hydroxyl groups excluding tert-OH is 1. The van der Waals surface area contributed by atoms with Gasteiger partial charge in [0.15, 0.2) is 0 Å². The standard InChI is InChI=1S/C15H13ClF2N2O2/c16-9-3-1-4-10(7-9)20-15(22)19-8-13(21)14-11(17)5-2-6-12(14)18/h1-7,13,21H,8H2,(H2,19,20,22). The Morgan fingerprint density at radius 2 is 1.82 bits per heavy atom. The highest BCUT2D eigenvalue weighted by Gasteiger charge is 2.18. The fourth-order valence-corrected chi connectivity index (χ4v) is 2.05. The molecule has 0 aliphatic rings. The van der Waals surface area contributed by atoms with Gasteiger partial charge >= 0.3 is 6.03 Å². The number of anilines is 1. The van der Waals surface area contributed by atoms with Crippen molar-refractivity contribution in [3.8, 4) is 0 Å². The molecule has 0 bridgehead atoms. The molecule has 116 valence electrons. The highest BCUT2D eigenvalue weighted by Crippen LogP contribution is 2.20. The SMILES string of the molecule is O=C(NCC(O)c1c(F)cccc1F)Nc1cccc(Cl)c1. The van der Waals surface area contributed by atoms with E-state index in [1.54, 1.807) is 18.2 Å². The van der Waals surface area contributed by atoms with Gasteiger partial charge in [0.1, 0.15) is 17.7 Å². The average Bonchev–Trinajstić information content (AvgIpc) is 2.45. The van der Waals surface area contributed by atoms with E-state index in [1.807, 2.05) is 0 Å².